The van der Waals surface area contributed by atoms with Gasteiger partial charge in [0, 0.05) is 12.6 Å². The van der Waals surface area contributed by atoms with Crippen LogP contribution >= 0.6 is 0 Å². The maximum Gasteiger partial charge on any atom is 0.411 e. The summed E-state index contributed by atoms with van der Waals surface area (Å²) in [6.07, 6.45) is -1.83. The average Bonchev–Trinajstić information content (AvgIpc) is 3.19. The molecule has 1 aromatic carbocycles. The lowest BCUT2D eigenvalue weighted by atomic mass is 10.2. The van der Waals surface area contributed by atoms with Gasteiger partial charge in [0.05, 0.1) is 6.61 Å². The van der Waals surface area contributed by atoms with Gasteiger partial charge in [-0.3, -0.25) is 0 Å². The highest BCUT2D eigenvalue weighted by Crippen LogP contribution is 2.20. The molecule has 2 rings (SSSR count). The Balaban J connectivity index is 1.65. The summed E-state index contributed by atoms with van der Waals surface area (Å²) in [6, 6.07) is 8.16. The van der Waals surface area contributed by atoms with Crippen LogP contribution in [0.15, 0.2) is 24.3 Å². The zero-order valence-corrected chi connectivity index (χ0v) is 11.1. The van der Waals surface area contributed by atoms with Crippen molar-refractivity contribution in [2.24, 2.45) is 0 Å². The minimum atomic E-state index is -4.28. The number of halogens is 3. The summed E-state index contributed by atoms with van der Waals surface area (Å²) >= 11 is 0. The van der Waals surface area contributed by atoms with E-state index in [0.717, 1.165) is 12.1 Å². The van der Waals surface area contributed by atoms with Gasteiger partial charge in [-0.25, -0.2) is 0 Å². The molecule has 1 aromatic rings. The maximum atomic E-state index is 11.8. The van der Waals surface area contributed by atoms with E-state index < -0.39 is 12.8 Å². The Morgan fingerprint density at radius 2 is 2.00 bits per heavy atom. The van der Waals surface area contributed by atoms with E-state index in [-0.39, 0.29) is 13.2 Å². The smallest absolute Gasteiger partial charge is 0.411 e. The lowest BCUT2D eigenvalue weighted by molar-refractivity contribution is -0.175. The Morgan fingerprint density at radius 3 is 2.70 bits per heavy atom. The average molecular weight is 289 g/mol. The number of alkyl halides is 3. The summed E-state index contributed by atoms with van der Waals surface area (Å²) in [4.78, 5) is 0. The van der Waals surface area contributed by atoms with Gasteiger partial charge >= 0.3 is 6.18 Å². The molecule has 0 heterocycles. The molecule has 1 fully saturated rings. The minimum absolute atomic E-state index is 0.0793. The molecule has 1 aliphatic rings. The van der Waals surface area contributed by atoms with Crippen LogP contribution in [-0.4, -0.2) is 32.0 Å². The Bertz CT molecular complexity index is 419. The van der Waals surface area contributed by atoms with Gasteiger partial charge in [0.1, 0.15) is 19.0 Å². The van der Waals surface area contributed by atoms with Crippen molar-refractivity contribution < 1.29 is 22.6 Å². The lowest BCUT2D eigenvalue weighted by Crippen LogP contribution is -2.19. The van der Waals surface area contributed by atoms with Crippen molar-refractivity contribution in [2.45, 2.75) is 31.6 Å². The highest BCUT2D eigenvalue weighted by atomic mass is 19.4. The summed E-state index contributed by atoms with van der Waals surface area (Å²) < 4.78 is 45.4. The van der Waals surface area contributed by atoms with Gasteiger partial charge < -0.3 is 14.8 Å². The molecule has 0 radical (unpaired) electrons. The molecular weight excluding hydrogens is 271 g/mol. The van der Waals surface area contributed by atoms with Crippen molar-refractivity contribution in [1.29, 1.82) is 0 Å². The van der Waals surface area contributed by atoms with E-state index in [4.69, 9.17) is 4.74 Å². The van der Waals surface area contributed by atoms with Crippen molar-refractivity contribution in [3.8, 4) is 5.75 Å². The topological polar surface area (TPSA) is 30.5 Å². The second kappa shape index (κ2) is 6.95. The van der Waals surface area contributed by atoms with E-state index >= 15 is 0 Å². The first-order valence-corrected chi connectivity index (χ1v) is 6.62. The predicted octanol–water partition coefficient (Wildman–Crippen LogP) is 2.90. The molecule has 0 atom stereocenters. The number of hydrogen-bond donors (Lipinski definition) is 1. The third-order valence-corrected chi connectivity index (χ3v) is 2.83. The van der Waals surface area contributed by atoms with Crippen LogP contribution in [-0.2, 0) is 11.3 Å². The van der Waals surface area contributed by atoms with E-state index in [1.165, 1.54) is 12.8 Å². The molecule has 0 aliphatic heterocycles. The number of nitrogens with one attached hydrogen (secondary N) is 1. The van der Waals surface area contributed by atoms with Gasteiger partial charge in [0.2, 0.25) is 0 Å². The van der Waals surface area contributed by atoms with E-state index in [9.17, 15) is 13.2 Å². The molecule has 0 amide bonds. The molecule has 3 nitrogen and oxygen atoms in total. The number of benzene rings is 1. The first kappa shape index (κ1) is 15.1. The summed E-state index contributed by atoms with van der Waals surface area (Å²) in [5.41, 5.74) is 1.10. The van der Waals surface area contributed by atoms with Crippen LogP contribution in [0.25, 0.3) is 0 Å². The van der Waals surface area contributed by atoms with Crippen molar-refractivity contribution in [2.75, 3.05) is 19.8 Å². The first-order valence-electron chi connectivity index (χ1n) is 6.62. The summed E-state index contributed by atoms with van der Waals surface area (Å²) in [5.74, 6) is 0.649. The fourth-order valence-corrected chi connectivity index (χ4v) is 1.70. The second-order valence-corrected chi connectivity index (χ2v) is 4.82. The van der Waals surface area contributed by atoms with Crippen LogP contribution in [0, 0.1) is 0 Å². The molecule has 112 valence electrons. The van der Waals surface area contributed by atoms with Gasteiger partial charge in [0.25, 0.3) is 0 Å². The Kier molecular flexibility index (Phi) is 5.25. The second-order valence-electron chi connectivity index (χ2n) is 4.82. The van der Waals surface area contributed by atoms with E-state index in [2.05, 4.69) is 10.1 Å². The normalized spacial score (nSPS) is 15.3. The SMILES string of the molecule is FC(F)(F)COCCOc1cccc(CNC2CC2)c1. The van der Waals surface area contributed by atoms with Crippen molar-refractivity contribution in [3.63, 3.8) is 0 Å². The van der Waals surface area contributed by atoms with Gasteiger partial charge in [-0.2, -0.15) is 13.2 Å². The molecular formula is C14H18F3NO2. The van der Waals surface area contributed by atoms with E-state index in [1.807, 2.05) is 18.2 Å². The maximum absolute atomic E-state index is 11.8. The zero-order chi connectivity index (χ0) is 14.4. The highest BCUT2D eigenvalue weighted by molar-refractivity contribution is 5.28. The molecule has 0 aromatic heterocycles. The van der Waals surface area contributed by atoms with Gasteiger partial charge in [-0.15, -0.1) is 0 Å². The van der Waals surface area contributed by atoms with Crippen LogP contribution in [0.3, 0.4) is 0 Å². The fraction of sp³-hybridized carbons (Fsp3) is 0.571. The lowest BCUT2D eigenvalue weighted by Gasteiger charge is -2.10. The Morgan fingerprint density at radius 1 is 1.20 bits per heavy atom. The van der Waals surface area contributed by atoms with Crippen LogP contribution in [0.2, 0.25) is 0 Å². The molecule has 0 saturated heterocycles. The van der Waals surface area contributed by atoms with Crippen LogP contribution in [0.4, 0.5) is 13.2 Å². The summed E-state index contributed by atoms with van der Waals surface area (Å²) in [5, 5.41) is 3.39. The zero-order valence-electron chi connectivity index (χ0n) is 11.1. The van der Waals surface area contributed by atoms with Crippen molar-refractivity contribution in [3.05, 3.63) is 29.8 Å². The molecule has 6 heteroatoms. The number of hydrogen-bond acceptors (Lipinski definition) is 3. The number of rotatable bonds is 8. The van der Waals surface area contributed by atoms with E-state index in [0.29, 0.717) is 11.8 Å². The predicted molar refractivity (Wildman–Crippen MR) is 68.7 cm³/mol. The molecule has 1 aliphatic carbocycles. The first-order chi connectivity index (χ1) is 9.53. The fourth-order valence-electron chi connectivity index (χ4n) is 1.70. The monoisotopic (exact) mass is 289 g/mol. The standard InChI is InChI=1S/C14H18F3NO2/c15-14(16,17)10-19-6-7-20-13-3-1-2-11(8-13)9-18-12-4-5-12/h1-3,8,12,18H,4-7,9-10H2. The molecule has 20 heavy (non-hydrogen) atoms. The van der Waals surface area contributed by atoms with Crippen molar-refractivity contribution in [1.82, 2.24) is 5.32 Å². The summed E-state index contributed by atoms with van der Waals surface area (Å²) in [7, 11) is 0. The third-order valence-electron chi connectivity index (χ3n) is 2.83. The molecule has 1 N–H and O–H groups in total. The van der Waals surface area contributed by atoms with Crippen LogP contribution in [0.1, 0.15) is 18.4 Å². The molecule has 0 unspecified atom stereocenters. The van der Waals surface area contributed by atoms with Crippen LogP contribution < -0.4 is 10.1 Å². The van der Waals surface area contributed by atoms with Gasteiger partial charge in [-0.05, 0) is 30.5 Å². The Hall–Kier alpha value is -1.27. The highest BCUT2D eigenvalue weighted by Gasteiger charge is 2.27. The molecule has 1 saturated carbocycles. The van der Waals surface area contributed by atoms with Gasteiger partial charge in [-0.1, -0.05) is 12.1 Å². The summed E-state index contributed by atoms with van der Waals surface area (Å²) in [6.45, 7) is -0.423. The number of ether oxygens (including phenoxy) is 2. The van der Waals surface area contributed by atoms with E-state index in [1.54, 1.807) is 6.07 Å². The van der Waals surface area contributed by atoms with Crippen LogP contribution in [0.5, 0.6) is 5.75 Å². The van der Waals surface area contributed by atoms with Crippen molar-refractivity contribution >= 4 is 0 Å². The third kappa shape index (κ3) is 6.25. The quantitative estimate of drug-likeness (QED) is 0.746. The molecule has 0 bridgehead atoms. The largest absolute Gasteiger partial charge is 0.491 e. The minimum Gasteiger partial charge on any atom is -0.491 e. The van der Waals surface area contributed by atoms with Gasteiger partial charge in [0.15, 0.2) is 0 Å². The Labute approximate surface area is 116 Å². The molecule has 0 spiro atoms.